The largest absolute Gasteiger partial charge is 0.294 e. The van der Waals surface area contributed by atoms with Crippen LogP contribution in [0.3, 0.4) is 0 Å². The van der Waals surface area contributed by atoms with Crippen molar-refractivity contribution in [3.8, 4) is 0 Å². The maximum absolute atomic E-state index is 12.4. The van der Waals surface area contributed by atoms with Gasteiger partial charge in [0, 0.05) is 18.6 Å². The van der Waals surface area contributed by atoms with E-state index in [0.717, 1.165) is 18.4 Å². The third-order valence-corrected chi connectivity index (χ3v) is 4.48. The molecule has 0 aromatic heterocycles. The van der Waals surface area contributed by atoms with E-state index < -0.39 is 0 Å². The molecule has 0 spiro atoms. The van der Waals surface area contributed by atoms with Gasteiger partial charge in [-0.25, -0.2) is 0 Å². The first kappa shape index (κ1) is 15.5. The Balaban J connectivity index is 2.79. The Labute approximate surface area is 115 Å². The van der Waals surface area contributed by atoms with Crippen LogP contribution in [0.1, 0.15) is 60.3 Å². The van der Waals surface area contributed by atoms with Crippen molar-refractivity contribution in [3.63, 3.8) is 0 Å². The van der Waals surface area contributed by atoms with Crippen molar-refractivity contribution in [2.75, 3.05) is 0 Å². The minimum Gasteiger partial charge on any atom is -0.294 e. The van der Waals surface area contributed by atoms with Gasteiger partial charge in [-0.05, 0) is 37.2 Å². The lowest BCUT2D eigenvalue weighted by Gasteiger charge is -2.34. The van der Waals surface area contributed by atoms with Crippen molar-refractivity contribution < 1.29 is 9.59 Å². The fourth-order valence-corrected chi connectivity index (χ4v) is 3.73. The smallest absolute Gasteiger partial charge is 0.186 e. The zero-order chi connectivity index (χ0) is 13.9. The molecule has 0 N–H and O–H groups in total. The van der Waals surface area contributed by atoms with Crippen molar-refractivity contribution in [1.29, 1.82) is 0 Å². The summed E-state index contributed by atoms with van der Waals surface area (Å²) >= 11 is 1.27. The molecule has 0 bridgehead atoms. The van der Waals surface area contributed by atoms with Crippen LogP contribution in [0.2, 0.25) is 0 Å². The Bertz CT molecular complexity index is 380. The molecule has 0 heterocycles. The molecule has 18 heavy (non-hydrogen) atoms. The number of carbonyl (C=O) groups is 2. The normalized spacial score (nSPS) is 20.7. The van der Waals surface area contributed by atoms with Gasteiger partial charge in [0.05, 0.1) is 0 Å². The molecule has 1 atom stereocenters. The molecule has 0 radical (unpaired) electrons. The second-order valence-electron chi connectivity index (χ2n) is 5.94. The van der Waals surface area contributed by atoms with Crippen molar-refractivity contribution in [1.82, 2.24) is 0 Å². The van der Waals surface area contributed by atoms with Crippen LogP contribution in [-0.4, -0.2) is 16.1 Å². The van der Waals surface area contributed by atoms with Crippen LogP contribution in [0.25, 0.3) is 0 Å². The van der Waals surface area contributed by atoms with Crippen molar-refractivity contribution in [2.24, 2.45) is 5.41 Å². The lowest BCUT2D eigenvalue weighted by Crippen LogP contribution is -2.27. The first-order valence-corrected chi connectivity index (χ1v) is 7.52. The Hall–Kier alpha value is -0.570. The van der Waals surface area contributed by atoms with E-state index in [4.69, 9.17) is 0 Å². The van der Waals surface area contributed by atoms with Gasteiger partial charge in [-0.15, -0.1) is 0 Å². The maximum atomic E-state index is 12.4. The van der Waals surface area contributed by atoms with Crippen LogP contribution in [0, 0.1) is 5.41 Å². The summed E-state index contributed by atoms with van der Waals surface area (Å²) in [7, 11) is 0. The Kier molecular flexibility index (Phi) is 5.20. The molecule has 3 heteroatoms. The first-order valence-electron chi connectivity index (χ1n) is 6.64. The van der Waals surface area contributed by atoms with Crippen LogP contribution in [0.15, 0.2) is 11.1 Å². The maximum Gasteiger partial charge on any atom is 0.186 e. The van der Waals surface area contributed by atoms with E-state index in [1.54, 1.807) is 6.92 Å². The van der Waals surface area contributed by atoms with E-state index in [9.17, 15) is 9.59 Å². The fraction of sp³-hybridized carbons (Fsp3) is 0.733. The van der Waals surface area contributed by atoms with Crippen molar-refractivity contribution >= 4 is 22.7 Å². The number of allylic oxidation sites excluding steroid dienone is 2. The minimum atomic E-state index is 0.0000267. The SMILES string of the molecule is CC(=O)SC(C)CC(=O)C1=C(C)CCCC1(C)C. The van der Waals surface area contributed by atoms with Gasteiger partial charge in [0.15, 0.2) is 10.9 Å². The quantitative estimate of drug-likeness (QED) is 0.768. The molecule has 0 saturated heterocycles. The van der Waals surface area contributed by atoms with Crippen molar-refractivity contribution in [2.45, 2.75) is 65.6 Å². The van der Waals surface area contributed by atoms with Gasteiger partial charge in [0.25, 0.3) is 0 Å². The number of ketones is 1. The molecular weight excluding hydrogens is 244 g/mol. The predicted molar refractivity (Wildman–Crippen MR) is 77.7 cm³/mol. The zero-order valence-electron chi connectivity index (χ0n) is 12.1. The van der Waals surface area contributed by atoms with Crippen LogP contribution >= 0.6 is 11.8 Å². The van der Waals surface area contributed by atoms with E-state index >= 15 is 0 Å². The molecular formula is C15H24O2S. The summed E-state index contributed by atoms with van der Waals surface area (Å²) in [6.07, 6.45) is 3.77. The third-order valence-electron chi connectivity index (χ3n) is 3.58. The Morgan fingerprint density at radius 1 is 1.39 bits per heavy atom. The van der Waals surface area contributed by atoms with E-state index in [1.807, 2.05) is 6.92 Å². The zero-order valence-corrected chi connectivity index (χ0v) is 12.9. The van der Waals surface area contributed by atoms with Gasteiger partial charge >= 0.3 is 0 Å². The number of hydrogen-bond donors (Lipinski definition) is 0. The van der Waals surface area contributed by atoms with Gasteiger partial charge in [-0.1, -0.05) is 38.1 Å². The molecule has 0 saturated carbocycles. The third kappa shape index (κ3) is 3.98. The first-order chi connectivity index (χ1) is 8.24. The van der Waals surface area contributed by atoms with Crippen LogP contribution < -0.4 is 0 Å². The van der Waals surface area contributed by atoms with E-state index in [-0.39, 0.29) is 21.6 Å². The summed E-state index contributed by atoms with van der Waals surface area (Å²) in [5.74, 6) is 0.235. The Morgan fingerprint density at radius 2 is 2.00 bits per heavy atom. The summed E-state index contributed by atoms with van der Waals surface area (Å²) in [5.41, 5.74) is 2.26. The number of hydrogen-bond acceptors (Lipinski definition) is 3. The average Bonchev–Trinajstić information content (AvgIpc) is 2.13. The lowest BCUT2D eigenvalue weighted by atomic mass is 9.70. The molecule has 1 unspecified atom stereocenters. The highest BCUT2D eigenvalue weighted by atomic mass is 32.2. The van der Waals surface area contributed by atoms with Crippen LogP contribution in [-0.2, 0) is 9.59 Å². The molecule has 1 aliphatic rings. The summed E-state index contributed by atoms with van der Waals surface area (Å²) < 4.78 is 0. The molecule has 102 valence electrons. The molecule has 0 amide bonds. The molecule has 2 nitrogen and oxygen atoms in total. The fourth-order valence-electron chi connectivity index (χ4n) is 2.93. The molecule has 1 rings (SSSR count). The van der Waals surface area contributed by atoms with Gasteiger partial charge in [0.2, 0.25) is 0 Å². The molecule has 0 fully saturated rings. The summed E-state index contributed by atoms with van der Waals surface area (Å²) in [6, 6.07) is 0. The minimum absolute atomic E-state index is 0.0000267. The standard InChI is InChI=1S/C15H24O2S/c1-10-7-6-8-15(4,5)14(10)13(17)9-11(2)18-12(3)16/h11H,6-9H2,1-5H3. The molecule has 0 aromatic rings. The summed E-state index contributed by atoms with van der Waals surface area (Å²) in [4.78, 5) is 23.5. The number of carbonyl (C=O) groups excluding carboxylic acids is 2. The van der Waals surface area contributed by atoms with E-state index in [1.165, 1.54) is 23.8 Å². The molecule has 1 aliphatic carbocycles. The van der Waals surface area contributed by atoms with Gasteiger partial charge in [-0.2, -0.15) is 0 Å². The second kappa shape index (κ2) is 6.05. The van der Waals surface area contributed by atoms with Crippen LogP contribution in [0.5, 0.6) is 0 Å². The highest BCUT2D eigenvalue weighted by Gasteiger charge is 2.33. The second-order valence-corrected chi connectivity index (χ2v) is 7.56. The molecule has 0 aliphatic heterocycles. The van der Waals surface area contributed by atoms with Crippen molar-refractivity contribution in [3.05, 3.63) is 11.1 Å². The lowest BCUT2D eigenvalue weighted by molar-refractivity contribution is -0.116. The topological polar surface area (TPSA) is 34.1 Å². The van der Waals surface area contributed by atoms with Crippen LogP contribution in [0.4, 0.5) is 0 Å². The van der Waals surface area contributed by atoms with Gasteiger partial charge < -0.3 is 0 Å². The number of Topliss-reactive ketones (excluding diaryl/α,β-unsaturated/α-hetero) is 1. The molecule has 0 aromatic carbocycles. The van der Waals surface area contributed by atoms with E-state index in [2.05, 4.69) is 20.8 Å². The van der Waals surface area contributed by atoms with E-state index in [0.29, 0.717) is 6.42 Å². The summed E-state index contributed by atoms with van der Waals surface area (Å²) in [5, 5.41) is 0.164. The highest BCUT2D eigenvalue weighted by Crippen LogP contribution is 2.41. The average molecular weight is 268 g/mol. The monoisotopic (exact) mass is 268 g/mol. The number of rotatable bonds is 4. The Morgan fingerprint density at radius 3 is 2.50 bits per heavy atom. The van der Waals surface area contributed by atoms with Gasteiger partial charge in [-0.3, -0.25) is 9.59 Å². The highest BCUT2D eigenvalue weighted by molar-refractivity contribution is 8.14. The summed E-state index contributed by atoms with van der Waals surface area (Å²) in [6.45, 7) is 9.91. The predicted octanol–water partition coefficient (Wildman–Crippen LogP) is 4.14. The van der Waals surface area contributed by atoms with Gasteiger partial charge in [0.1, 0.15) is 0 Å². The number of thioether (sulfide) groups is 1.